The van der Waals surface area contributed by atoms with E-state index in [1.807, 2.05) is 4.68 Å². The number of ether oxygens (including phenoxy) is 2. The van der Waals surface area contributed by atoms with Crippen molar-refractivity contribution in [3.63, 3.8) is 0 Å². The van der Waals surface area contributed by atoms with Gasteiger partial charge in [-0.15, -0.1) is 0 Å². The molecule has 2 heterocycles. The molecule has 0 atom stereocenters. The number of nitrogens with zero attached hydrogens (tertiary/aromatic N) is 5. The summed E-state index contributed by atoms with van der Waals surface area (Å²) in [5, 5.41) is 4.90. The Labute approximate surface area is 200 Å². The Morgan fingerprint density at radius 3 is 2.15 bits per heavy atom. The topological polar surface area (TPSA) is 99.4 Å². The SMILES string of the molecule is CC(C)(C)OC(=O)N(CC1CC(n2cc(-c3cnccn3)c(C3CC3)n2)C1)C(=O)OC(C)(C)C. The van der Waals surface area contributed by atoms with Crippen LogP contribution in [-0.2, 0) is 9.47 Å². The molecule has 0 saturated heterocycles. The van der Waals surface area contributed by atoms with Crippen molar-refractivity contribution in [3.05, 3.63) is 30.5 Å². The highest BCUT2D eigenvalue weighted by Crippen LogP contribution is 2.45. The van der Waals surface area contributed by atoms with Crippen LogP contribution in [-0.4, -0.2) is 54.6 Å². The van der Waals surface area contributed by atoms with Gasteiger partial charge < -0.3 is 9.47 Å². The molecule has 9 nitrogen and oxygen atoms in total. The maximum atomic E-state index is 12.8. The van der Waals surface area contributed by atoms with E-state index in [-0.39, 0.29) is 18.5 Å². The van der Waals surface area contributed by atoms with Gasteiger partial charge in [0.1, 0.15) is 11.2 Å². The van der Waals surface area contributed by atoms with E-state index in [4.69, 9.17) is 14.6 Å². The maximum Gasteiger partial charge on any atom is 0.419 e. The molecule has 2 amide bonds. The van der Waals surface area contributed by atoms with Gasteiger partial charge in [0.05, 0.1) is 23.6 Å². The molecular weight excluding hydrogens is 434 g/mol. The van der Waals surface area contributed by atoms with Gasteiger partial charge in [-0.2, -0.15) is 5.10 Å². The summed E-state index contributed by atoms with van der Waals surface area (Å²) < 4.78 is 13.0. The zero-order valence-electron chi connectivity index (χ0n) is 20.9. The van der Waals surface area contributed by atoms with Gasteiger partial charge in [0, 0.05) is 36.6 Å². The molecule has 0 unspecified atom stereocenters. The van der Waals surface area contributed by atoms with Crippen molar-refractivity contribution in [2.24, 2.45) is 5.92 Å². The summed E-state index contributed by atoms with van der Waals surface area (Å²) in [6.07, 6.45) is 9.79. The van der Waals surface area contributed by atoms with Gasteiger partial charge in [-0.05, 0) is 73.1 Å². The van der Waals surface area contributed by atoms with Gasteiger partial charge in [0.25, 0.3) is 0 Å². The summed E-state index contributed by atoms with van der Waals surface area (Å²) in [4.78, 5) is 35.3. The van der Waals surface area contributed by atoms with E-state index in [9.17, 15) is 9.59 Å². The summed E-state index contributed by atoms with van der Waals surface area (Å²) in [6, 6.07) is 0.215. The van der Waals surface area contributed by atoms with Crippen LogP contribution in [0.4, 0.5) is 9.59 Å². The molecule has 34 heavy (non-hydrogen) atoms. The predicted molar refractivity (Wildman–Crippen MR) is 126 cm³/mol. The van der Waals surface area contributed by atoms with E-state index in [1.165, 1.54) is 0 Å². The minimum atomic E-state index is -0.704. The van der Waals surface area contributed by atoms with Crippen LogP contribution in [0.1, 0.15) is 84.9 Å². The van der Waals surface area contributed by atoms with Crippen molar-refractivity contribution in [2.75, 3.05) is 6.54 Å². The molecule has 0 spiro atoms. The first-order chi connectivity index (χ1) is 15.9. The fourth-order valence-corrected chi connectivity index (χ4v) is 4.07. The van der Waals surface area contributed by atoms with Crippen LogP contribution in [0.3, 0.4) is 0 Å². The highest BCUT2D eigenvalue weighted by molar-refractivity contribution is 5.88. The number of amides is 2. The summed E-state index contributed by atoms with van der Waals surface area (Å²) in [5.41, 5.74) is 1.57. The maximum absolute atomic E-state index is 12.8. The van der Waals surface area contributed by atoms with Crippen molar-refractivity contribution in [3.8, 4) is 11.3 Å². The molecule has 0 aromatic carbocycles. The first-order valence-corrected chi connectivity index (χ1v) is 12.0. The predicted octanol–water partition coefficient (Wildman–Crippen LogP) is 5.34. The van der Waals surface area contributed by atoms with Crippen LogP contribution in [0.15, 0.2) is 24.8 Å². The summed E-state index contributed by atoms with van der Waals surface area (Å²) in [6.45, 7) is 10.9. The molecule has 2 aliphatic carbocycles. The molecule has 4 rings (SSSR count). The average molecular weight is 470 g/mol. The van der Waals surface area contributed by atoms with E-state index in [1.54, 1.807) is 60.1 Å². The quantitative estimate of drug-likeness (QED) is 0.583. The lowest BCUT2D eigenvalue weighted by molar-refractivity contribution is -0.00641. The second-order valence-corrected chi connectivity index (χ2v) is 11.3. The molecule has 0 bridgehead atoms. The van der Waals surface area contributed by atoms with E-state index in [0.29, 0.717) is 5.92 Å². The molecule has 0 N–H and O–H groups in total. The van der Waals surface area contributed by atoms with E-state index < -0.39 is 23.4 Å². The minimum absolute atomic E-state index is 0.151. The number of imide groups is 1. The number of hydrogen-bond donors (Lipinski definition) is 0. The average Bonchev–Trinajstić information content (AvgIpc) is 3.44. The minimum Gasteiger partial charge on any atom is -0.443 e. The van der Waals surface area contributed by atoms with Gasteiger partial charge in [-0.3, -0.25) is 14.6 Å². The third-order valence-corrected chi connectivity index (χ3v) is 5.82. The van der Waals surface area contributed by atoms with E-state index >= 15 is 0 Å². The molecule has 184 valence electrons. The Morgan fingerprint density at radius 2 is 1.65 bits per heavy atom. The van der Waals surface area contributed by atoms with Crippen LogP contribution in [0.2, 0.25) is 0 Å². The van der Waals surface area contributed by atoms with Gasteiger partial charge in [0.2, 0.25) is 0 Å². The standard InChI is InChI=1S/C25H35N5O4/c1-24(2,3)33-22(31)29(23(32)34-25(4,5)6)14-16-11-18(12-16)30-15-19(20-13-26-9-10-27-20)21(28-30)17-7-8-17/h9-10,13,15-18H,7-8,11-12,14H2,1-6H3. The fourth-order valence-electron chi connectivity index (χ4n) is 4.07. The lowest BCUT2D eigenvalue weighted by Gasteiger charge is -2.38. The largest absolute Gasteiger partial charge is 0.443 e. The summed E-state index contributed by atoms with van der Waals surface area (Å²) >= 11 is 0. The number of carbonyl (C=O) groups is 2. The second-order valence-electron chi connectivity index (χ2n) is 11.3. The van der Waals surface area contributed by atoms with E-state index in [0.717, 1.165) is 47.5 Å². The zero-order chi connectivity index (χ0) is 24.7. The molecule has 2 fully saturated rings. The van der Waals surface area contributed by atoms with Crippen LogP contribution in [0.25, 0.3) is 11.3 Å². The molecule has 2 aromatic heterocycles. The van der Waals surface area contributed by atoms with Gasteiger partial charge in [-0.25, -0.2) is 14.5 Å². The Kier molecular flexibility index (Phi) is 6.40. The second kappa shape index (κ2) is 9.00. The van der Waals surface area contributed by atoms with E-state index in [2.05, 4.69) is 16.2 Å². The molecule has 2 saturated carbocycles. The van der Waals surface area contributed by atoms with Crippen LogP contribution >= 0.6 is 0 Å². The molecule has 0 aliphatic heterocycles. The highest BCUT2D eigenvalue weighted by atomic mass is 16.6. The Balaban J connectivity index is 1.44. The van der Waals surface area contributed by atoms with Crippen molar-refractivity contribution >= 4 is 12.2 Å². The molecule has 2 aromatic rings. The zero-order valence-corrected chi connectivity index (χ0v) is 20.9. The molecule has 0 radical (unpaired) electrons. The van der Waals surface area contributed by atoms with Crippen molar-refractivity contribution in [1.82, 2.24) is 24.6 Å². The first-order valence-electron chi connectivity index (χ1n) is 12.0. The number of rotatable bonds is 5. The third-order valence-electron chi connectivity index (χ3n) is 5.82. The summed E-state index contributed by atoms with van der Waals surface area (Å²) in [5.74, 6) is 0.641. The van der Waals surface area contributed by atoms with Crippen molar-refractivity contribution in [2.45, 2.75) is 90.4 Å². The van der Waals surface area contributed by atoms with Crippen molar-refractivity contribution < 1.29 is 19.1 Å². The number of aromatic nitrogens is 4. The Morgan fingerprint density at radius 1 is 1.03 bits per heavy atom. The van der Waals surface area contributed by atoms with Gasteiger partial charge in [-0.1, -0.05) is 0 Å². The lowest BCUT2D eigenvalue weighted by Crippen LogP contribution is -2.47. The van der Waals surface area contributed by atoms with Crippen molar-refractivity contribution in [1.29, 1.82) is 0 Å². The fraction of sp³-hybridized carbons (Fsp3) is 0.640. The Bertz CT molecular complexity index is 1000. The first kappa shape index (κ1) is 24.2. The van der Waals surface area contributed by atoms with Crippen LogP contribution in [0.5, 0.6) is 0 Å². The smallest absolute Gasteiger partial charge is 0.419 e. The number of hydrogen-bond acceptors (Lipinski definition) is 7. The monoisotopic (exact) mass is 469 g/mol. The van der Waals surface area contributed by atoms with Gasteiger partial charge in [0.15, 0.2) is 0 Å². The highest BCUT2D eigenvalue weighted by Gasteiger charge is 2.39. The van der Waals surface area contributed by atoms with Crippen LogP contribution < -0.4 is 0 Å². The lowest BCUT2D eigenvalue weighted by atomic mass is 9.80. The molecule has 2 aliphatic rings. The van der Waals surface area contributed by atoms with Gasteiger partial charge >= 0.3 is 12.2 Å². The molecular formula is C25H35N5O4. The number of carbonyl (C=O) groups excluding carboxylic acids is 2. The normalized spacial score (nSPS) is 20.4. The summed E-state index contributed by atoms with van der Waals surface area (Å²) in [7, 11) is 0. The Hall–Kier alpha value is -2.97. The van der Waals surface area contributed by atoms with Crippen LogP contribution in [0, 0.1) is 5.92 Å². The third kappa shape index (κ3) is 5.93. The molecule has 9 heteroatoms.